The molecule has 1 atom stereocenters. The van der Waals surface area contributed by atoms with Crippen molar-refractivity contribution >= 4 is 33.4 Å². The van der Waals surface area contributed by atoms with Gasteiger partial charge in [-0.05, 0) is 36.4 Å². The minimum absolute atomic E-state index is 0.00468. The molecule has 0 aromatic heterocycles. The predicted octanol–water partition coefficient (Wildman–Crippen LogP) is 2.15. The monoisotopic (exact) mass is 441 g/mol. The number of ether oxygens (including phenoxy) is 1. The summed E-state index contributed by atoms with van der Waals surface area (Å²) in [6.07, 6.45) is -2.13. The van der Waals surface area contributed by atoms with Crippen LogP contribution >= 0.6 is 0 Å². The standard InChI is InChI=1S/C18H17F2N3O6S/c1-10(24)21-8-12-9-23(30(27,28)13-3-4-14(19)15(20)7-13)16-6-11(22-18(25)26)2-5-17(16)29-12/h2-7,12,22H,8-9H2,1H3,(H,21,24)(H,25,26). The van der Waals surface area contributed by atoms with Gasteiger partial charge in [0, 0.05) is 12.6 Å². The van der Waals surface area contributed by atoms with Gasteiger partial charge in [-0.15, -0.1) is 0 Å². The van der Waals surface area contributed by atoms with Crippen LogP contribution in [-0.4, -0.2) is 44.7 Å². The van der Waals surface area contributed by atoms with Crippen molar-refractivity contribution in [2.75, 3.05) is 22.7 Å². The van der Waals surface area contributed by atoms with E-state index >= 15 is 0 Å². The third-order valence-corrected chi connectivity index (χ3v) is 5.98. The highest BCUT2D eigenvalue weighted by molar-refractivity contribution is 7.92. The van der Waals surface area contributed by atoms with Gasteiger partial charge in [0.15, 0.2) is 11.6 Å². The molecular weight excluding hydrogens is 424 g/mol. The smallest absolute Gasteiger partial charge is 0.409 e. The fourth-order valence-corrected chi connectivity index (χ4v) is 4.38. The minimum atomic E-state index is -4.37. The number of fused-ring (bicyclic) bond motifs is 1. The second-order valence-corrected chi connectivity index (χ2v) is 8.26. The number of benzene rings is 2. The van der Waals surface area contributed by atoms with Gasteiger partial charge in [0.25, 0.3) is 10.0 Å². The van der Waals surface area contributed by atoms with Gasteiger partial charge in [-0.2, -0.15) is 0 Å². The van der Waals surface area contributed by atoms with E-state index in [-0.39, 0.29) is 36.1 Å². The topological polar surface area (TPSA) is 125 Å². The van der Waals surface area contributed by atoms with Crippen molar-refractivity contribution in [3.63, 3.8) is 0 Å². The minimum Gasteiger partial charge on any atom is -0.484 e. The van der Waals surface area contributed by atoms with Crippen molar-refractivity contribution in [1.82, 2.24) is 5.32 Å². The molecule has 0 saturated heterocycles. The van der Waals surface area contributed by atoms with Gasteiger partial charge in [0.1, 0.15) is 11.9 Å². The fraction of sp³-hybridized carbons (Fsp3) is 0.222. The third kappa shape index (κ3) is 4.43. The van der Waals surface area contributed by atoms with E-state index in [1.807, 2.05) is 0 Å². The predicted molar refractivity (Wildman–Crippen MR) is 102 cm³/mol. The normalized spacial score (nSPS) is 15.7. The van der Waals surface area contributed by atoms with Crippen LogP contribution in [0.15, 0.2) is 41.3 Å². The summed E-state index contributed by atoms with van der Waals surface area (Å²) in [6, 6.07) is 6.16. The first-order chi connectivity index (χ1) is 14.1. The quantitative estimate of drug-likeness (QED) is 0.653. The highest BCUT2D eigenvalue weighted by atomic mass is 32.2. The van der Waals surface area contributed by atoms with Crippen LogP contribution in [0.4, 0.5) is 25.0 Å². The van der Waals surface area contributed by atoms with Gasteiger partial charge in [0.2, 0.25) is 5.91 Å². The van der Waals surface area contributed by atoms with E-state index in [1.54, 1.807) is 0 Å². The molecule has 0 radical (unpaired) electrons. The maximum atomic E-state index is 13.7. The molecule has 3 N–H and O–H groups in total. The van der Waals surface area contributed by atoms with Crippen LogP contribution in [0.25, 0.3) is 0 Å². The van der Waals surface area contributed by atoms with E-state index in [1.165, 1.54) is 25.1 Å². The SMILES string of the molecule is CC(=O)NCC1CN(S(=O)(=O)c2ccc(F)c(F)c2)c2cc(NC(=O)O)ccc2O1. The molecule has 1 aliphatic rings. The highest BCUT2D eigenvalue weighted by Crippen LogP contribution is 2.39. The zero-order valence-corrected chi connectivity index (χ0v) is 16.4. The third-order valence-electron chi connectivity index (χ3n) is 4.20. The van der Waals surface area contributed by atoms with E-state index in [2.05, 4.69) is 10.6 Å². The Morgan fingerprint density at radius 2 is 1.93 bits per heavy atom. The molecule has 9 nitrogen and oxygen atoms in total. The number of hydrogen-bond donors (Lipinski definition) is 3. The zero-order valence-electron chi connectivity index (χ0n) is 15.6. The van der Waals surface area contributed by atoms with Gasteiger partial charge < -0.3 is 15.2 Å². The van der Waals surface area contributed by atoms with Crippen LogP contribution in [-0.2, 0) is 14.8 Å². The lowest BCUT2D eigenvalue weighted by atomic mass is 10.2. The number of carbonyl (C=O) groups is 2. The summed E-state index contributed by atoms with van der Waals surface area (Å²) in [6.45, 7) is 1.02. The molecule has 2 aromatic rings. The average molecular weight is 441 g/mol. The van der Waals surface area contributed by atoms with Gasteiger partial charge in [0.05, 0.1) is 23.7 Å². The molecule has 3 rings (SSSR count). The molecule has 0 bridgehead atoms. The summed E-state index contributed by atoms with van der Waals surface area (Å²) in [5, 5.41) is 13.5. The average Bonchev–Trinajstić information content (AvgIpc) is 2.67. The van der Waals surface area contributed by atoms with Crippen LogP contribution in [0, 0.1) is 11.6 Å². The molecule has 1 heterocycles. The maximum Gasteiger partial charge on any atom is 0.409 e. The Morgan fingerprint density at radius 1 is 1.20 bits per heavy atom. The lowest BCUT2D eigenvalue weighted by molar-refractivity contribution is -0.119. The summed E-state index contributed by atoms with van der Waals surface area (Å²) in [5.74, 6) is -2.77. The van der Waals surface area contributed by atoms with Crippen molar-refractivity contribution in [2.45, 2.75) is 17.9 Å². The van der Waals surface area contributed by atoms with Crippen LogP contribution in [0.2, 0.25) is 0 Å². The molecule has 1 unspecified atom stereocenters. The highest BCUT2D eigenvalue weighted by Gasteiger charge is 2.35. The second kappa shape index (κ2) is 8.14. The van der Waals surface area contributed by atoms with E-state index in [9.17, 15) is 26.8 Å². The van der Waals surface area contributed by atoms with Gasteiger partial charge in [-0.3, -0.25) is 14.4 Å². The Balaban J connectivity index is 2.06. The lowest BCUT2D eigenvalue weighted by Gasteiger charge is -2.35. The number of anilines is 2. The molecule has 2 amide bonds. The summed E-state index contributed by atoms with van der Waals surface area (Å²) in [5.41, 5.74) is 0.0840. The first-order valence-electron chi connectivity index (χ1n) is 8.61. The van der Waals surface area contributed by atoms with Crippen LogP contribution < -0.4 is 19.7 Å². The molecule has 0 fully saturated rings. The Hall–Kier alpha value is -3.41. The van der Waals surface area contributed by atoms with Crippen molar-refractivity contribution < 1.29 is 36.6 Å². The molecule has 0 spiro atoms. The largest absolute Gasteiger partial charge is 0.484 e. The molecule has 0 saturated carbocycles. The summed E-state index contributed by atoms with van der Waals surface area (Å²) < 4.78 is 59.9. The van der Waals surface area contributed by atoms with E-state index in [0.717, 1.165) is 10.4 Å². The van der Waals surface area contributed by atoms with Crippen molar-refractivity contribution in [1.29, 1.82) is 0 Å². The molecule has 12 heteroatoms. The first-order valence-corrected chi connectivity index (χ1v) is 10.0. The lowest BCUT2D eigenvalue weighted by Crippen LogP contribution is -2.48. The van der Waals surface area contributed by atoms with Gasteiger partial charge >= 0.3 is 6.09 Å². The first kappa shape index (κ1) is 21.3. The number of nitrogens with one attached hydrogen (secondary N) is 2. The maximum absolute atomic E-state index is 13.7. The number of carboxylic acid groups (broad SMARTS) is 1. The Bertz CT molecular complexity index is 1110. The molecular formula is C18H17F2N3O6S. The van der Waals surface area contributed by atoms with Crippen molar-refractivity contribution in [3.05, 3.63) is 48.0 Å². The van der Waals surface area contributed by atoms with Crippen LogP contribution in [0.1, 0.15) is 6.92 Å². The van der Waals surface area contributed by atoms with Crippen LogP contribution in [0.5, 0.6) is 5.75 Å². The molecule has 30 heavy (non-hydrogen) atoms. The number of sulfonamides is 1. The van der Waals surface area contributed by atoms with Gasteiger partial charge in [-0.25, -0.2) is 22.0 Å². The Morgan fingerprint density at radius 3 is 2.57 bits per heavy atom. The fourth-order valence-electron chi connectivity index (χ4n) is 2.87. The summed E-state index contributed by atoms with van der Waals surface area (Å²) in [4.78, 5) is 21.6. The Kier molecular flexibility index (Phi) is 5.78. The van der Waals surface area contributed by atoms with E-state index < -0.39 is 38.8 Å². The number of carbonyl (C=O) groups excluding carboxylic acids is 1. The van der Waals surface area contributed by atoms with E-state index in [4.69, 9.17) is 9.84 Å². The molecule has 2 aromatic carbocycles. The van der Waals surface area contributed by atoms with Crippen molar-refractivity contribution in [3.8, 4) is 5.75 Å². The Labute approximate surface area is 170 Å². The number of rotatable bonds is 5. The molecule has 1 aliphatic heterocycles. The molecule has 0 aliphatic carbocycles. The number of nitrogens with zero attached hydrogens (tertiary/aromatic N) is 1. The number of amides is 2. The number of halogens is 2. The second-order valence-electron chi connectivity index (χ2n) is 6.40. The van der Waals surface area contributed by atoms with Crippen LogP contribution in [0.3, 0.4) is 0 Å². The number of hydrogen-bond acceptors (Lipinski definition) is 5. The summed E-state index contributed by atoms with van der Waals surface area (Å²) >= 11 is 0. The molecule has 160 valence electrons. The zero-order chi connectivity index (χ0) is 22.1. The van der Waals surface area contributed by atoms with Gasteiger partial charge in [-0.1, -0.05) is 0 Å². The van der Waals surface area contributed by atoms with Crippen molar-refractivity contribution in [2.24, 2.45) is 0 Å². The summed E-state index contributed by atoms with van der Waals surface area (Å²) in [7, 11) is -4.37. The van der Waals surface area contributed by atoms with E-state index in [0.29, 0.717) is 12.1 Å².